The highest BCUT2D eigenvalue weighted by Crippen LogP contribution is 2.24. The molecule has 0 radical (unpaired) electrons. The third kappa shape index (κ3) is 2.89. The molecule has 0 rings (SSSR count). The van der Waals surface area contributed by atoms with Crippen LogP contribution in [0.1, 0.15) is 20.8 Å². The molecule has 0 bridgehead atoms. The molecule has 11 heavy (non-hydrogen) atoms. The fourth-order valence-corrected chi connectivity index (χ4v) is 1.12. The number of likely N-dealkylation sites (N-methyl/N-ethyl adjacent to an activating group) is 1. The van der Waals surface area contributed by atoms with Crippen LogP contribution in [0.3, 0.4) is 0 Å². The van der Waals surface area contributed by atoms with E-state index in [9.17, 15) is 4.53 Å². The lowest BCUT2D eigenvalue weighted by atomic mass is 9.86. The molecule has 0 saturated carbocycles. The molecule has 0 aliphatic heterocycles. The lowest BCUT2D eigenvalue weighted by Gasteiger charge is -2.29. The Morgan fingerprint density at radius 2 is 2.00 bits per heavy atom. The van der Waals surface area contributed by atoms with E-state index in [1.165, 1.54) is 0 Å². The van der Waals surface area contributed by atoms with Crippen molar-refractivity contribution in [2.45, 2.75) is 26.8 Å². The second-order valence-electron chi connectivity index (χ2n) is 3.63. The van der Waals surface area contributed by atoms with Crippen molar-refractivity contribution in [2.24, 2.45) is 5.41 Å². The first-order valence-electron chi connectivity index (χ1n) is 3.58. The number of nitrogens with one attached hydrogen (secondary N) is 1. The summed E-state index contributed by atoms with van der Waals surface area (Å²) in [5, 5.41) is 2.93. The second-order valence-corrected chi connectivity index (χ2v) is 3.63. The minimum atomic E-state index is -0.160. The Morgan fingerprint density at radius 3 is 2.09 bits per heavy atom. The van der Waals surface area contributed by atoms with Crippen molar-refractivity contribution < 1.29 is 9.47 Å². The van der Waals surface area contributed by atoms with Crippen LogP contribution in [0.25, 0.3) is 0 Å². The monoisotopic (exact) mass is 161 g/mol. The molecule has 2 nitrogen and oxygen atoms in total. The Kier molecular flexibility index (Phi) is 3.52. The Hall–Kier alpha value is -0.570. The largest absolute Gasteiger partial charge is 0.310 e. The molecule has 0 aromatic carbocycles. The molecule has 0 saturated heterocycles. The van der Waals surface area contributed by atoms with Gasteiger partial charge in [-0.1, -0.05) is 27.4 Å². The van der Waals surface area contributed by atoms with Gasteiger partial charge in [-0.15, -0.1) is 0 Å². The van der Waals surface area contributed by atoms with Gasteiger partial charge in [0.15, 0.2) is 5.76 Å². The standard InChI is InChI=1S/C8H16FNO/c1-6(11-9)7(10-5)8(2,3)4/h7,10H,1H2,2-5H3. The van der Waals surface area contributed by atoms with Crippen molar-refractivity contribution >= 4 is 0 Å². The normalized spacial score (nSPS) is 14.3. The fourth-order valence-electron chi connectivity index (χ4n) is 1.12. The summed E-state index contributed by atoms with van der Waals surface area (Å²) in [5.41, 5.74) is -0.0854. The van der Waals surface area contributed by atoms with Crippen LogP contribution in [-0.4, -0.2) is 13.1 Å². The van der Waals surface area contributed by atoms with Gasteiger partial charge >= 0.3 is 0 Å². The minimum Gasteiger partial charge on any atom is -0.310 e. The van der Waals surface area contributed by atoms with E-state index in [1.807, 2.05) is 20.8 Å². The molecule has 1 atom stereocenters. The highest BCUT2D eigenvalue weighted by Gasteiger charge is 2.27. The first-order chi connectivity index (χ1) is 4.93. The van der Waals surface area contributed by atoms with Gasteiger partial charge in [-0.2, -0.15) is 0 Å². The van der Waals surface area contributed by atoms with Gasteiger partial charge in [0.25, 0.3) is 0 Å². The lowest BCUT2D eigenvalue weighted by molar-refractivity contribution is -0.0966. The maximum Gasteiger partial charge on any atom is 0.159 e. The van der Waals surface area contributed by atoms with E-state index in [0.717, 1.165) is 0 Å². The molecule has 0 aliphatic rings. The van der Waals surface area contributed by atoms with E-state index < -0.39 is 0 Å². The zero-order valence-electron chi connectivity index (χ0n) is 7.57. The predicted octanol–water partition coefficient (Wildman–Crippen LogP) is 2.04. The number of hydrogen-bond donors (Lipinski definition) is 1. The number of halogens is 1. The van der Waals surface area contributed by atoms with Crippen molar-refractivity contribution in [3.05, 3.63) is 12.3 Å². The first-order valence-corrected chi connectivity index (χ1v) is 3.58. The smallest absolute Gasteiger partial charge is 0.159 e. The third-order valence-electron chi connectivity index (χ3n) is 1.58. The molecule has 0 fully saturated rings. The molecular formula is C8H16FNO. The zero-order valence-corrected chi connectivity index (χ0v) is 7.57. The summed E-state index contributed by atoms with van der Waals surface area (Å²) in [6, 6.07) is -0.160. The maximum absolute atomic E-state index is 11.7. The molecule has 1 unspecified atom stereocenters. The summed E-state index contributed by atoms with van der Waals surface area (Å²) < 4.78 is 11.7. The van der Waals surface area contributed by atoms with Gasteiger partial charge in [0.2, 0.25) is 0 Å². The molecule has 0 heterocycles. The third-order valence-corrected chi connectivity index (χ3v) is 1.58. The maximum atomic E-state index is 11.7. The molecule has 0 spiro atoms. The lowest BCUT2D eigenvalue weighted by Crippen LogP contribution is -2.39. The van der Waals surface area contributed by atoms with E-state index in [0.29, 0.717) is 0 Å². The van der Waals surface area contributed by atoms with Gasteiger partial charge in [-0.25, -0.2) is 0 Å². The minimum absolute atomic E-state index is 0.0854. The van der Waals surface area contributed by atoms with Crippen LogP contribution < -0.4 is 5.32 Å². The van der Waals surface area contributed by atoms with Crippen LogP contribution in [-0.2, 0) is 4.94 Å². The topological polar surface area (TPSA) is 21.3 Å². The van der Waals surface area contributed by atoms with E-state index in [2.05, 4.69) is 16.8 Å². The van der Waals surface area contributed by atoms with E-state index in [4.69, 9.17) is 0 Å². The second kappa shape index (κ2) is 3.72. The molecule has 0 aliphatic carbocycles. The van der Waals surface area contributed by atoms with E-state index in [-0.39, 0.29) is 17.2 Å². The summed E-state index contributed by atoms with van der Waals surface area (Å²) in [4.78, 5) is 3.57. The molecule has 0 aromatic rings. The Labute approximate surface area is 67.3 Å². The summed E-state index contributed by atoms with van der Waals surface area (Å²) in [6.07, 6.45) is 0. The van der Waals surface area contributed by atoms with Crippen LogP contribution in [0.5, 0.6) is 0 Å². The predicted molar refractivity (Wildman–Crippen MR) is 43.6 cm³/mol. The zero-order chi connectivity index (χ0) is 9.07. The summed E-state index contributed by atoms with van der Waals surface area (Å²) in [6.45, 7) is 9.40. The molecular weight excluding hydrogens is 145 g/mol. The van der Waals surface area contributed by atoms with E-state index >= 15 is 0 Å². The summed E-state index contributed by atoms with van der Waals surface area (Å²) >= 11 is 0. The quantitative estimate of drug-likeness (QED) is 0.639. The van der Waals surface area contributed by atoms with Crippen molar-refractivity contribution in [3.8, 4) is 0 Å². The van der Waals surface area contributed by atoms with Gasteiger partial charge < -0.3 is 5.32 Å². The average Bonchev–Trinajstić information content (AvgIpc) is 1.86. The number of rotatable bonds is 3. The number of hydrogen-bond acceptors (Lipinski definition) is 2. The van der Waals surface area contributed by atoms with Crippen LogP contribution in [0.2, 0.25) is 0 Å². The van der Waals surface area contributed by atoms with Gasteiger partial charge in [0.05, 0.1) is 6.04 Å². The van der Waals surface area contributed by atoms with Gasteiger partial charge in [0, 0.05) is 4.53 Å². The Bertz CT molecular complexity index is 140. The average molecular weight is 161 g/mol. The van der Waals surface area contributed by atoms with Crippen molar-refractivity contribution in [3.63, 3.8) is 0 Å². The van der Waals surface area contributed by atoms with Crippen LogP contribution in [0, 0.1) is 5.41 Å². The van der Waals surface area contributed by atoms with Gasteiger partial charge in [-0.3, -0.25) is 4.94 Å². The SMILES string of the molecule is C=C(OF)C(NC)C(C)(C)C. The highest BCUT2D eigenvalue weighted by molar-refractivity contribution is 5.01. The van der Waals surface area contributed by atoms with Crippen LogP contribution in [0.15, 0.2) is 12.3 Å². The molecule has 3 heteroatoms. The van der Waals surface area contributed by atoms with Crippen LogP contribution >= 0.6 is 0 Å². The summed E-state index contributed by atoms with van der Waals surface area (Å²) in [7, 11) is 1.75. The van der Waals surface area contributed by atoms with Crippen LogP contribution in [0.4, 0.5) is 4.53 Å². The van der Waals surface area contributed by atoms with Gasteiger partial charge in [0.1, 0.15) is 0 Å². The molecule has 0 amide bonds. The van der Waals surface area contributed by atoms with Crippen molar-refractivity contribution in [1.82, 2.24) is 5.32 Å². The summed E-state index contributed by atoms with van der Waals surface area (Å²) in [5.74, 6) is 0.125. The van der Waals surface area contributed by atoms with Crippen molar-refractivity contribution in [2.75, 3.05) is 7.05 Å². The molecule has 1 N–H and O–H groups in total. The first kappa shape index (κ1) is 10.4. The highest BCUT2D eigenvalue weighted by atomic mass is 19.3. The molecule has 66 valence electrons. The Morgan fingerprint density at radius 1 is 1.55 bits per heavy atom. The molecule has 0 aromatic heterocycles. The van der Waals surface area contributed by atoms with E-state index in [1.54, 1.807) is 7.05 Å². The Balaban J connectivity index is 4.29. The fraction of sp³-hybridized carbons (Fsp3) is 0.750. The van der Waals surface area contributed by atoms with Gasteiger partial charge in [-0.05, 0) is 12.5 Å². The van der Waals surface area contributed by atoms with Crippen molar-refractivity contribution in [1.29, 1.82) is 0 Å².